The summed E-state index contributed by atoms with van der Waals surface area (Å²) in [7, 11) is 1.57. The minimum absolute atomic E-state index is 0.218. The number of rotatable bonds is 7. The predicted molar refractivity (Wildman–Crippen MR) is 70.3 cm³/mol. The van der Waals surface area contributed by atoms with Gasteiger partial charge in [0.25, 0.3) is 0 Å². The first-order valence-electron chi connectivity index (χ1n) is 6.49. The van der Waals surface area contributed by atoms with Crippen LogP contribution in [0.4, 0.5) is 4.39 Å². The molecule has 0 aliphatic heterocycles. The first kappa shape index (κ1) is 13.3. The Morgan fingerprint density at radius 3 is 2.89 bits per heavy atom. The van der Waals surface area contributed by atoms with Crippen molar-refractivity contribution in [2.45, 2.75) is 38.4 Å². The van der Waals surface area contributed by atoms with Gasteiger partial charge >= 0.3 is 0 Å². The lowest BCUT2D eigenvalue weighted by atomic mass is 10.1. The Labute approximate surface area is 108 Å². The molecular weight excluding hydrogens is 231 g/mol. The summed E-state index contributed by atoms with van der Waals surface area (Å²) in [6.45, 7) is 3.51. The molecule has 0 saturated heterocycles. The molecule has 4 heteroatoms. The van der Waals surface area contributed by atoms with E-state index < -0.39 is 0 Å². The molecule has 1 fully saturated rings. The molecule has 0 radical (unpaired) electrons. The smallest absolute Gasteiger partial charge is 0.131 e. The fraction of sp³-hybridized carbons (Fsp3) is 0.571. The number of benzene rings is 1. The third-order valence-electron chi connectivity index (χ3n) is 3.21. The molecule has 1 atom stereocenters. The zero-order valence-corrected chi connectivity index (χ0v) is 11.0. The van der Waals surface area contributed by atoms with Crippen LogP contribution in [0.5, 0.6) is 5.75 Å². The fourth-order valence-corrected chi connectivity index (χ4v) is 1.88. The van der Waals surface area contributed by atoms with Crippen LogP contribution in [0, 0.1) is 5.82 Å². The number of hydrogen-bond acceptors (Lipinski definition) is 3. The van der Waals surface area contributed by atoms with E-state index in [4.69, 9.17) is 4.74 Å². The van der Waals surface area contributed by atoms with Crippen molar-refractivity contribution in [2.24, 2.45) is 0 Å². The van der Waals surface area contributed by atoms with Crippen LogP contribution in [0.15, 0.2) is 18.2 Å². The monoisotopic (exact) mass is 252 g/mol. The topological polar surface area (TPSA) is 33.3 Å². The zero-order chi connectivity index (χ0) is 13.0. The van der Waals surface area contributed by atoms with Gasteiger partial charge in [-0.3, -0.25) is 0 Å². The minimum atomic E-state index is -0.218. The van der Waals surface area contributed by atoms with Crippen molar-refractivity contribution in [2.75, 3.05) is 13.7 Å². The van der Waals surface area contributed by atoms with Crippen molar-refractivity contribution < 1.29 is 9.13 Å². The standard InChI is InChI=1S/C14H21FN2O/c1-10(8-17-11-6-7-11)16-9-12-13(15)4-3-5-14(12)18-2/h3-5,10-11,16-17H,6-9H2,1-2H3. The third-order valence-corrected chi connectivity index (χ3v) is 3.21. The largest absolute Gasteiger partial charge is 0.496 e. The maximum Gasteiger partial charge on any atom is 0.131 e. The highest BCUT2D eigenvalue weighted by molar-refractivity contribution is 5.34. The van der Waals surface area contributed by atoms with Gasteiger partial charge in [-0.1, -0.05) is 6.07 Å². The van der Waals surface area contributed by atoms with E-state index in [-0.39, 0.29) is 5.82 Å². The van der Waals surface area contributed by atoms with Crippen molar-refractivity contribution in [3.05, 3.63) is 29.6 Å². The maximum atomic E-state index is 13.7. The van der Waals surface area contributed by atoms with Crippen molar-refractivity contribution in [3.63, 3.8) is 0 Å². The van der Waals surface area contributed by atoms with Gasteiger partial charge in [-0.15, -0.1) is 0 Å². The van der Waals surface area contributed by atoms with Crippen molar-refractivity contribution in [1.29, 1.82) is 0 Å². The van der Waals surface area contributed by atoms with Crippen LogP contribution in [0.3, 0.4) is 0 Å². The van der Waals surface area contributed by atoms with E-state index in [9.17, 15) is 4.39 Å². The van der Waals surface area contributed by atoms with E-state index in [2.05, 4.69) is 17.6 Å². The molecule has 1 aromatic rings. The van der Waals surface area contributed by atoms with E-state index in [1.165, 1.54) is 18.9 Å². The van der Waals surface area contributed by atoms with Crippen molar-refractivity contribution in [3.8, 4) is 5.75 Å². The van der Waals surface area contributed by atoms with Gasteiger partial charge in [0, 0.05) is 30.7 Å². The summed E-state index contributed by atoms with van der Waals surface area (Å²) in [6, 6.07) is 5.93. The van der Waals surface area contributed by atoms with Crippen molar-refractivity contribution >= 4 is 0 Å². The lowest BCUT2D eigenvalue weighted by Crippen LogP contribution is -2.37. The van der Waals surface area contributed by atoms with Crippen LogP contribution in [0.1, 0.15) is 25.3 Å². The zero-order valence-electron chi connectivity index (χ0n) is 11.0. The van der Waals surface area contributed by atoms with Gasteiger partial charge in [-0.05, 0) is 31.9 Å². The molecule has 0 heterocycles. The Balaban J connectivity index is 1.84. The van der Waals surface area contributed by atoms with Crippen molar-refractivity contribution in [1.82, 2.24) is 10.6 Å². The molecule has 1 unspecified atom stereocenters. The van der Waals surface area contributed by atoms with E-state index >= 15 is 0 Å². The number of hydrogen-bond donors (Lipinski definition) is 2. The molecule has 1 aliphatic rings. The van der Waals surface area contributed by atoms with Gasteiger partial charge in [-0.2, -0.15) is 0 Å². The Morgan fingerprint density at radius 2 is 2.22 bits per heavy atom. The predicted octanol–water partition coefficient (Wildman–Crippen LogP) is 2.06. The summed E-state index contributed by atoms with van der Waals surface area (Å²) < 4.78 is 18.8. The van der Waals surface area contributed by atoms with E-state index in [1.54, 1.807) is 19.2 Å². The molecule has 0 spiro atoms. The summed E-state index contributed by atoms with van der Waals surface area (Å²) in [5, 5.41) is 6.76. The summed E-state index contributed by atoms with van der Waals surface area (Å²) in [4.78, 5) is 0. The van der Waals surface area contributed by atoms with Crippen LogP contribution in [0.25, 0.3) is 0 Å². The molecule has 18 heavy (non-hydrogen) atoms. The Hall–Kier alpha value is -1.13. The van der Waals surface area contributed by atoms with Crippen LogP contribution < -0.4 is 15.4 Å². The van der Waals surface area contributed by atoms with Gasteiger partial charge in [0.05, 0.1) is 7.11 Å². The second-order valence-electron chi connectivity index (χ2n) is 4.89. The summed E-state index contributed by atoms with van der Waals surface area (Å²) in [6.07, 6.45) is 2.57. The molecule has 0 amide bonds. The molecule has 1 saturated carbocycles. The van der Waals surface area contributed by atoms with Gasteiger partial charge in [-0.25, -0.2) is 4.39 Å². The van der Waals surface area contributed by atoms with Gasteiger partial charge in [0.2, 0.25) is 0 Å². The minimum Gasteiger partial charge on any atom is -0.496 e. The SMILES string of the molecule is COc1cccc(F)c1CNC(C)CNC1CC1. The molecular formula is C14H21FN2O. The Bertz CT molecular complexity index is 393. The first-order valence-corrected chi connectivity index (χ1v) is 6.49. The average molecular weight is 252 g/mol. The molecule has 1 aromatic carbocycles. The normalized spacial score (nSPS) is 16.6. The molecule has 0 bridgehead atoms. The molecule has 2 rings (SSSR count). The fourth-order valence-electron chi connectivity index (χ4n) is 1.88. The molecule has 100 valence electrons. The van der Waals surface area contributed by atoms with Crippen LogP contribution in [-0.2, 0) is 6.54 Å². The third kappa shape index (κ3) is 3.68. The molecule has 3 nitrogen and oxygen atoms in total. The average Bonchev–Trinajstić information content (AvgIpc) is 3.18. The van der Waals surface area contributed by atoms with Gasteiger partial charge in [0.15, 0.2) is 0 Å². The van der Waals surface area contributed by atoms with Crippen LogP contribution >= 0.6 is 0 Å². The maximum absolute atomic E-state index is 13.7. The van der Waals surface area contributed by atoms with Gasteiger partial charge < -0.3 is 15.4 Å². The number of ether oxygens (including phenoxy) is 1. The first-order chi connectivity index (χ1) is 8.70. The highest BCUT2D eigenvalue weighted by Gasteiger charge is 2.20. The highest BCUT2D eigenvalue weighted by atomic mass is 19.1. The summed E-state index contributed by atoms with van der Waals surface area (Å²) in [5.74, 6) is 0.383. The van der Waals surface area contributed by atoms with E-state index in [0.29, 0.717) is 29.9 Å². The number of halogens is 1. The van der Waals surface area contributed by atoms with Gasteiger partial charge in [0.1, 0.15) is 11.6 Å². The highest BCUT2D eigenvalue weighted by Crippen LogP contribution is 2.21. The Morgan fingerprint density at radius 1 is 1.44 bits per heavy atom. The Kier molecular flexibility index (Phi) is 4.55. The molecule has 1 aliphatic carbocycles. The number of methoxy groups -OCH3 is 1. The van der Waals surface area contributed by atoms with Crippen LogP contribution in [-0.4, -0.2) is 25.7 Å². The number of nitrogens with one attached hydrogen (secondary N) is 2. The lowest BCUT2D eigenvalue weighted by molar-refractivity contribution is 0.398. The lowest BCUT2D eigenvalue weighted by Gasteiger charge is -2.16. The summed E-state index contributed by atoms with van der Waals surface area (Å²) in [5.41, 5.74) is 0.596. The van der Waals surface area contributed by atoms with E-state index in [1.807, 2.05) is 0 Å². The van der Waals surface area contributed by atoms with E-state index in [0.717, 1.165) is 6.54 Å². The molecule has 0 aromatic heterocycles. The summed E-state index contributed by atoms with van der Waals surface area (Å²) >= 11 is 0. The quantitative estimate of drug-likeness (QED) is 0.779. The second kappa shape index (κ2) is 6.16. The van der Waals surface area contributed by atoms with Crippen LogP contribution in [0.2, 0.25) is 0 Å². The molecule has 2 N–H and O–H groups in total. The second-order valence-corrected chi connectivity index (χ2v) is 4.89.